The average molecular weight is 217 g/mol. The van der Waals surface area contributed by atoms with E-state index in [0.717, 1.165) is 5.92 Å². The van der Waals surface area contributed by atoms with E-state index in [2.05, 4.69) is 49.5 Å². The zero-order valence-corrected chi connectivity index (χ0v) is 10.5. The molecule has 1 heteroatoms. The standard InChI is InChI=1S/C15H23N/c1-13(2)12-15(8-10-16-11-9-15)14-6-4-3-5-7-14/h3-7,13,16H,8-12H2,1-2H3. The van der Waals surface area contributed by atoms with Crippen LogP contribution in [0.25, 0.3) is 0 Å². The fourth-order valence-electron chi connectivity index (χ4n) is 3.09. The van der Waals surface area contributed by atoms with Gasteiger partial charge in [0.25, 0.3) is 0 Å². The molecular weight excluding hydrogens is 194 g/mol. The Morgan fingerprint density at radius 1 is 1.12 bits per heavy atom. The van der Waals surface area contributed by atoms with Crippen molar-refractivity contribution in [3.05, 3.63) is 35.9 Å². The van der Waals surface area contributed by atoms with E-state index in [1.165, 1.54) is 32.4 Å². The monoisotopic (exact) mass is 217 g/mol. The van der Waals surface area contributed by atoms with Crippen LogP contribution in [0.15, 0.2) is 30.3 Å². The number of nitrogens with one attached hydrogen (secondary N) is 1. The van der Waals surface area contributed by atoms with Crippen LogP contribution in [0, 0.1) is 5.92 Å². The van der Waals surface area contributed by atoms with Gasteiger partial charge in [0.05, 0.1) is 0 Å². The van der Waals surface area contributed by atoms with Crippen molar-refractivity contribution >= 4 is 0 Å². The van der Waals surface area contributed by atoms with E-state index in [1.54, 1.807) is 5.56 Å². The highest BCUT2D eigenvalue weighted by Crippen LogP contribution is 2.38. The lowest BCUT2D eigenvalue weighted by Gasteiger charge is -2.39. The molecule has 1 aromatic carbocycles. The van der Waals surface area contributed by atoms with E-state index in [4.69, 9.17) is 0 Å². The molecule has 0 aromatic heterocycles. The number of piperidine rings is 1. The van der Waals surface area contributed by atoms with Gasteiger partial charge in [0.2, 0.25) is 0 Å². The summed E-state index contributed by atoms with van der Waals surface area (Å²) in [4.78, 5) is 0. The number of benzene rings is 1. The molecule has 0 spiro atoms. The molecule has 1 aliphatic rings. The first-order valence-electron chi connectivity index (χ1n) is 6.49. The number of rotatable bonds is 3. The lowest BCUT2D eigenvalue weighted by molar-refractivity contribution is 0.257. The summed E-state index contributed by atoms with van der Waals surface area (Å²) in [7, 11) is 0. The molecule has 0 saturated carbocycles. The smallest absolute Gasteiger partial charge is 0.00205 e. The van der Waals surface area contributed by atoms with Gasteiger partial charge in [0, 0.05) is 0 Å². The Hall–Kier alpha value is -0.820. The Bertz CT molecular complexity index is 309. The van der Waals surface area contributed by atoms with Crippen molar-refractivity contribution in [1.82, 2.24) is 5.32 Å². The highest BCUT2D eigenvalue weighted by molar-refractivity contribution is 5.26. The lowest BCUT2D eigenvalue weighted by atomic mass is 9.68. The Labute approximate surface area is 99.3 Å². The van der Waals surface area contributed by atoms with Crippen LogP contribution in [-0.4, -0.2) is 13.1 Å². The van der Waals surface area contributed by atoms with Crippen molar-refractivity contribution in [3.63, 3.8) is 0 Å². The Kier molecular flexibility index (Phi) is 3.65. The van der Waals surface area contributed by atoms with E-state index in [9.17, 15) is 0 Å². The second-order valence-electron chi connectivity index (χ2n) is 5.49. The van der Waals surface area contributed by atoms with Crippen LogP contribution in [0.2, 0.25) is 0 Å². The van der Waals surface area contributed by atoms with Crippen LogP contribution in [0.3, 0.4) is 0 Å². The summed E-state index contributed by atoms with van der Waals surface area (Å²) >= 11 is 0. The van der Waals surface area contributed by atoms with Crippen LogP contribution in [0.1, 0.15) is 38.7 Å². The van der Waals surface area contributed by atoms with Crippen LogP contribution in [-0.2, 0) is 5.41 Å². The summed E-state index contributed by atoms with van der Waals surface area (Å²) in [5.41, 5.74) is 1.98. The highest BCUT2D eigenvalue weighted by Gasteiger charge is 2.33. The third-order valence-corrected chi connectivity index (χ3v) is 3.75. The van der Waals surface area contributed by atoms with Crippen molar-refractivity contribution in [2.45, 2.75) is 38.5 Å². The maximum absolute atomic E-state index is 3.48. The van der Waals surface area contributed by atoms with Crippen LogP contribution >= 0.6 is 0 Å². The molecule has 0 aliphatic carbocycles. The zero-order chi connectivity index (χ0) is 11.4. The van der Waals surface area contributed by atoms with Gasteiger partial charge in [-0.1, -0.05) is 44.2 Å². The third-order valence-electron chi connectivity index (χ3n) is 3.75. The number of hydrogen-bond acceptors (Lipinski definition) is 1. The molecule has 16 heavy (non-hydrogen) atoms. The molecule has 1 saturated heterocycles. The van der Waals surface area contributed by atoms with Gasteiger partial charge in [0.15, 0.2) is 0 Å². The minimum Gasteiger partial charge on any atom is -0.317 e. The first-order chi connectivity index (χ1) is 7.73. The largest absolute Gasteiger partial charge is 0.317 e. The van der Waals surface area contributed by atoms with Crippen molar-refractivity contribution in [1.29, 1.82) is 0 Å². The average Bonchev–Trinajstić information content (AvgIpc) is 2.30. The van der Waals surface area contributed by atoms with Gasteiger partial charge in [-0.15, -0.1) is 0 Å². The summed E-state index contributed by atoms with van der Waals surface area (Å²) < 4.78 is 0. The molecule has 0 unspecified atom stereocenters. The molecule has 1 aromatic rings. The molecule has 88 valence electrons. The van der Waals surface area contributed by atoms with E-state index in [1.807, 2.05) is 0 Å². The van der Waals surface area contributed by atoms with E-state index in [0.29, 0.717) is 5.41 Å². The summed E-state index contributed by atoms with van der Waals surface area (Å²) in [5.74, 6) is 0.776. The maximum atomic E-state index is 3.48. The minimum absolute atomic E-state index is 0.431. The number of hydrogen-bond donors (Lipinski definition) is 1. The summed E-state index contributed by atoms with van der Waals surface area (Å²) in [6.45, 7) is 7.02. The zero-order valence-electron chi connectivity index (χ0n) is 10.5. The normalized spacial score (nSPS) is 19.9. The topological polar surface area (TPSA) is 12.0 Å². The van der Waals surface area contributed by atoms with Gasteiger partial charge in [-0.3, -0.25) is 0 Å². The van der Waals surface area contributed by atoms with Gasteiger partial charge in [-0.2, -0.15) is 0 Å². The van der Waals surface area contributed by atoms with Gasteiger partial charge in [-0.05, 0) is 49.2 Å². The first-order valence-corrected chi connectivity index (χ1v) is 6.49. The minimum atomic E-state index is 0.431. The predicted molar refractivity (Wildman–Crippen MR) is 69.7 cm³/mol. The second kappa shape index (κ2) is 5.01. The molecule has 0 amide bonds. The van der Waals surface area contributed by atoms with Gasteiger partial charge in [0.1, 0.15) is 0 Å². The second-order valence-corrected chi connectivity index (χ2v) is 5.49. The maximum Gasteiger partial charge on any atom is -0.00205 e. The Morgan fingerprint density at radius 2 is 1.75 bits per heavy atom. The Morgan fingerprint density at radius 3 is 2.31 bits per heavy atom. The molecule has 0 bridgehead atoms. The third kappa shape index (κ3) is 2.46. The van der Waals surface area contributed by atoms with Gasteiger partial charge in [-0.25, -0.2) is 0 Å². The fourth-order valence-corrected chi connectivity index (χ4v) is 3.09. The molecule has 2 rings (SSSR count). The fraction of sp³-hybridized carbons (Fsp3) is 0.600. The Balaban J connectivity index is 2.26. The van der Waals surface area contributed by atoms with Crippen LogP contribution < -0.4 is 5.32 Å². The summed E-state index contributed by atoms with van der Waals surface area (Å²) in [6.07, 6.45) is 3.89. The molecule has 1 heterocycles. The van der Waals surface area contributed by atoms with E-state index >= 15 is 0 Å². The molecule has 1 nitrogen and oxygen atoms in total. The first kappa shape index (κ1) is 11.7. The SMILES string of the molecule is CC(C)CC1(c2ccccc2)CCNCC1. The molecule has 0 atom stereocenters. The van der Waals surface area contributed by atoms with Crippen LogP contribution in [0.5, 0.6) is 0 Å². The quantitative estimate of drug-likeness (QED) is 0.818. The lowest BCUT2D eigenvalue weighted by Crippen LogP contribution is -2.40. The molecule has 0 radical (unpaired) electrons. The predicted octanol–water partition coefficient (Wildman–Crippen LogP) is 3.35. The van der Waals surface area contributed by atoms with Crippen molar-refractivity contribution in [2.24, 2.45) is 5.92 Å². The summed E-state index contributed by atoms with van der Waals surface area (Å²) in [6, 6.07) is 11.1. The van der Waals surface area contributed by atoms with Crippen molar-refractivity contribution in [2.75, 3.05) is 13.1 Å². The van der Waals surface area contributed by atoms with E-state index in [-0.39, 0.29) is 0 Å². The summed E-state index contributed by atoms with van der Waals surface area (Å²) in [5, 5.41) is 3.48. The molecule has 1 fully saturated rings. The molecule has 1 N–H and O–H groups in total. The van der Waals surface area contributed by atoms with Crippen molar-refractivity contribution in [3.8, 4) is 0 Å². The van der Waals surface area contributed by atoms with Crippen LogP contribution in [0.4, 0.5) is 0 Å². The molecular formula is C15H23N. The highest BCUT2D eigenvalue weighted by atomic mass is 14.9. The van der Waals surface area contributed by atoms with Gasteiger partial charge < -0.3 is 5.32 Å². The van der Waals surface area contributed by atoms with Crippen molar-refractivity contribution < 1.29 is 0 Å². The molecule has 1 aliphatic heterocycles. The van der Waals surface area contributed by atoms with E-state index < -0.39 is 0 Å². The van der Waals surface area contributed by atoms with Gasteiger partial charge >= 0.3 is 0 Å².